The largest absolute Gasteiger partial charge is 0.383 e. The van der Waals surface area contributed by atoms with E-state index in [4.69, 9.17) is 5.73 Å². The molecular formula is C17H20N2. The molecule has 0 saturated heterocycles. The van der Waals surface area contributed by atoms with Gasteiger partial charge in [-0.15, -0.1) is 0 Å². The Labute approximate surface area is 115 Å². The minimum absolute atomic E-state index is 0.436. The quantitative estimate of drug-likeness (QED) is 0.646. The lowest BCUT2D eigenvalue weighted by molar-refractivity contribution is 0.867. The van der Waals surface area contributed by atoms with Crippen LogP contribution in [0.1, 0.15) is 36.5 Å². The molecule has 0 unspecified atom stereocenters. The van der Waals surface area contributed by atoms with Crippen LogP contribution in [0.15, 0.2) is 53.5 Å². The van der Waals surface area contributed by atoms with E-state index < -0.39 is 0 Å². The lowest BCUT2D eigenvalue weighted by Crippen LogP contribution is -2.12. The van der Waals surface area contributed by atoms with Gasteiger partial charge in [-0.2, -0.15) is 0 Å². The lowest BCUT2D eigenvalue weighted by Gasteiger charge is -2.10. The van der Waals surface area contributed by atoms with Crippen LogP contribution in [0.2, 0.25) is 0 Å². The molecule has 0 amide bonds. The summed E-state index contributed by atoms with van der Waals surface area (Å²) in [5, 5.41) is 0. The van der Waals surface area contributed by atoms with Crippen LogP contribution >= 0.6 is 0 Å². The van der Waals surface area contributed by atoms with E-state index in [0.717, 1.165) is 11.3 Å². The van der Waals surface area contributed by atoms with Crippen molar-refractivity contribution in [2.75, 3.05) is 0 Å². The number of benzene rings is 2. The highest BCUT2D eigenvalue weighted by Crippen LogP contribution is 2.26. The third kappa shape index (κ3) is 3.22. The molecule has 98 valence electrons. The van der Waals surface area contributed by atoms with Crippen molar-refractivity contribution in [3.8, 4) is 0 Å². The number of nitrogens with two attached hydrogens (primary N) is 1. The number of hydrogen-bond donors (Lipinski definition) is 1. The van der Waals surface area contributed by atoms with Crippen LogP contribution in [0.4, 0.5) is 5.69 Å². The number of aryl methyl sites for hydroxylation is 1. The Kier molecular flexibility index (Phi) is 4.00. The third-order valence-corrected chi connectivity index (χ3v) is 3.15. The maximum absolute atomic E-state index is 6.10. The second kappa shape index (κ2) is 5.70. The van der Waals surface area contributed by atoms with Gasteiger partial charge in [0.15, 0.2) is 0 Å². The minimum atomic E-state index is 0.436. The fraction of sp³-hybridized carbons (Fsp3) is 0.235. The molecule has 2 aromatic carbocycles. The van der Waals surface area contributed by atoms with Crippen molar-refractivity contribution in [3.63, 3.8) is 0 Å². The van der Waals surface area contributed by atoms with E-state index in [0.29, 0.717) is 11.8 Å². The SMILES string of the molecule is Cc1ccc(/C(N)=N\c2ccccc2C(C)C)cc1. The van der Waals surface area contributed by atoms with Crippen molar-refractivity contribution < 1.29 is 0 Å². The molecular weight excluding hydrogens is 232 g/mol. The highest BCUT2D eigenvalue weighted by atomic mass is 14.9. The molecule has 2 N–H and O–H groups in total. The van der Waals surface area contributed by atoms with Gasteiger partial charge in [0.05, 0.1) is 5.69 Å². The first kappa shape index (κ1) is 13.3. The Hall–Kier alpha value is -2.09. The van der Waals surface area contributed by atoms with Crippen molar-refractivity contribution in [1.29, 1.82) is 0 Å². The van der Waals surface area contributed by atoms with Gasteiger partial charge in [0.2, 0.25) is 0 Å². The summed E-state index contributed by atoms with van der Waals surface area (Å²) in [4.78, 5) is 4.57. The second-order valence-electron chi connectivity index (χ2n) is 5.08. The first-order chi connectivity index (χ1) is 9.08. The van der Waals surface area contributed by atoms with E-state index in [2.05, 4.69) is 31.8 Å². The molecule has 0 radical (unpaired) electrons. The van der Waals surface area contributed by atoms with Crippen molar-refractivity contribution in [2.24, 2.45) is 10.7 Å². The van der Waals surface area contributed by atoms with E-state index in [1.54, 1.807) is 0 Å². The second-order valence-corrected chi connectivity index (χ2v) is 5.08. The van der Waals surface area contributed by atoms with E-state index in [1.807, 2.05) is 42.5 Å². The lowest BCUT2D eigenvalue weighted by atomic mass is 10.0. The highest BCUT2D eigenvalue weighted by molar-refractivity contribution is 5.99. The highest BCUT2D eigenvalue weighted by Gasteiger charge is 2.06. The molecule has 2 heteroatoms. The zero-order valence-corrected chi connectivity index (χ0v) is 11.7. The molecule has 2 rings (SSSR count). The van der Waals surface area contributed by atoms with Crippen molar-refractivity contribution in [1.82, 2.24) is 0 Å². The summed E-state index contributed by atoms with van der Waals surface area (Å²) in [5.41, 5.74) is 10.5. The molecule has 0 spiro atoms. The summed E-state index contributed by atoms with van der Waals surface area (Å²) in [6, 6.07) is 16.3. The average molecular weight is 252 g/mol. The maximum atomic E-state index is 6.10. The van der Waals surface area contributed by atoms with Crippen molar-refractivity contribution in [2.45, 2.75) is 26.7 Å². The molecule has 0 fully saturated rings. The summed E-state index contributed by atoms with van der Waals surface area (Å²) in [6.07, 6.45) is 0. The van der Waals surface area contributed by atoms with E-state index >= 15 is 0 Å². The van der Waals surface area contributed by atoms with Gasteiger partial charge >= 0.3 is 0 Å². The summed E-state index contributed by atoms with van der Waals surface area (Å²) in [7, 11) is 0. The third-order valence-electron chi connectivity index (χ3n) is 3.15. The van der Waals surface area contributed by atoms with Crippen LogP contribution in [0.3, 0.4) is 0 Å². The fourth-order valence-electron chi connectivity index (χ4n) is 2.00. The van der Waals surface area contributed by atoms with Crippen LogP contribution < -0.4 is 5.73 Å². The molecule has 0 atom stereocenters. The average Bonchev–Trinajstić information content (AvgIpc) is 2.39. The van der Waals surface area contributed by atoms with Crippen LogP contribution in [0.5, 0.6) is 0 Å². The summed E-state index contributed by atoms with van der Waals surface area (Å²) in [6.45, 7) is 6.39. The van der Waals surface area contributed by atoms with E-state index in [-0.39, 0.29) is 0 Å². The molecule has 19 heavy (non-hydrogen) atoms. The maximum Gasteiger partial charge on any atom is 0.131 e. The topological polar surface area (TPSA) is 38.4 Å². The Morgan fingerprint density at radius 2 is 1.63 bits per heavy atom. The number of rotatable bonds is 3. The van der Waals surface area contributed by atoms with Crippen LogP contribution in [0, 0.1) is 6.92 Å². The first-order valence-electron chi connectivity index (χ1n) is 6.58. The zero-order chi connectivity index (χ0) is 13.8. The molecule has 0 saturated carbocycles. The van der Waals surface area contributed by atoms with E-state index in [1.165, 1.54) is 11.1 Å². The molecule has 2 aromatic rings. The molecule has 0 aliphatic carbocycles. The number of para-hydroxylation sites is 1. The molecule has 2 nitrogen and oxygen atoms in total. The summed E-state index contributed by atoms with van der Waals surface area (Å²) < 4.78 is 0. The Morgan fingerprint density at radius 1 is 1.00 bits per heavy atom. The molecule has 0 aromatic heterocycles. The molecule has 0 bridgehead atoms. The summed E-state index contributed by atoms with van der Waals surface area (Å²) >= 11 is 0. The number of aliphatic imine (C=N–C) groups is 1. The molecule has 0 aliphatic heterocycles. The zero-order valence-electron chi connectivity index (χ0n) is 11.7. The van der Waals surface area contributed by atoms with Crippen LogP contribution in [0.25, 0.3) is 0 Å². The standard InChI is InChI=1S/C17H20N2/c1-12(2)15-6-4-5-7-16(15)19-17(18)14-10-8-13(3)9-11-14/h4-12H,1-3H3,(H2,18,19). The van der Waals surface area contributed by atoms with Gasteiger partial charge in [-0.3, -0.25) is 0 Å². The monoisotopic (exact) mass is 252 g/mol. The fourth-order valence-corrected chi connectivity index (χ4v) is 2.00. The summed E-state index contributed by atoms with van der Waals surface area (Å²) in [5.74, 6) is 0.999. The van der Waals surface area contributed by atoms with Gasteiger partial charge in [0.25, 0.3) is 0 Å². The number of hydrogen-bond acceptors (Lipinski definition) is 1. The first-order valence-corrected chi connectivity index (χ1v) is 6.58. The molecule has 0 heterocycles. The number of nitrogens with zero attached hydrogens (tertiary/aromatic N) is 1. The van der Waals surface area contributed by atoms with Gasteiger partial charge in [-0.25, -0.2) is 4.99 Å². The predicted molar refractivity (Wildman–Crippen MR) is 82.1 cm³/mol. The van der Waals surface area contributed by atoms with Crippen LogP contribution in [-0.4, -0.2) is 5.84 Å². The Bertz CT molecular complexity index is 580. The van der Waals surface area contributed by atoms with Gasteiger partial charge in [-0.05, 0) is 24.5 Å². The Morgan fingerprint density at radius 3 is 2.26 bits per heavy atom. The van der Waals surface area contributed by atoms with Gasteiger partial charge in [0.1, 0.15) is 5.84 Å². The smallest absolute Gasteiger partial charge is 0.131 e. The Balaban J connectivity index is 2.38. The van der Waals surface area contributed by atoms with Crippen molar-refractivity contribution >= 4 is 11.5 Å². The normalized spacial score (nSPS) is 11.9. The number of amidine groups is 1. The van der Waals surface area contributed by atoms with Gasteiger partial charge in [0, 0.05) is 5.56 Å². The van der Waals surface area contributed by atoms with Crippen LogP contribution in [-0.2, 0) is 0 Å². The predicted octanol–water partition coefficient (Wildman–Crippen LogP) is 4.16. The minimum Gasteiger partial charge on any atom is -0.383 e. The van der Waals surface area contributed by atoms with Gasteiger partial charge < -0.3 is 5.73 Å². The molecule has 0 aliphatic rings. The van der Waals surface area contributed by atoms with Crippen molar-refractivity contribution in [3.05, 3.63) is 65.2 Å². The van der Waals surface area contributed by atoms with E-state index in [9.17, 15) is 0 Å². The van der Waals surface area contributed by atoms with Gasteiger partial charge in [-0.1, -0.05) is 61.9 Å².